The van der Waals surface area contributed by atoms with E-state index in [1.165, 1.54) is 10.9 Å². The Hall–Kier alpha value is -2.95. The van der Waals surface area contributed by atoms with Crippen LogP contribution in [0.1, 0.15) is 18.4 Å². The second-order valence-electron chi connectivity index (χ2n) is 7.57. The van der Waals surface area contributed by atoms with Crippen molar-refractivity contribution >= 4 is 16.7 Å². The summed E-state index contributed by atoms with van der Waals surface area (Å²) in [7, 11) is 5.07. The number of hydrogen-bond donors (Lipinski definition) is 1. The molecule has 1 fully saturated rings. The normalized spacial score (nSPS) is 19.0. The van der Waals surface area contributed by atoms with Gasteiger partial charge in [-0.1, -0.05) is 0 Å². The van der Waals surface area contributed by atoms with Crippen LogP contribution >= 0.6 is 0 Å². The number of fused-ring (bicyclic) bond motifs is 1. The summed E-state index contributed by atoms with van der Waals surface area (Å²) in [5.41, 5.74) is -2.13. The number of anilines is 1. The van der Waals surface area contributed by atoms with Crippen LogP contribution in [-0.4, -0.2) is 46.2 Å². The van der Waals surface area contributed by atoms with Crippen molar-refractivity contribution in [2.75, 3.05) is 19.1 Å². The van der Waals surface area contributed by atoms with E-state index in [4.69, 9.17) is 4.74 Å². The predicted molar refractivity (Wildman–Crippen MR) is 103 cm³/mol. The Morgan fingerprint density at radius 3 is 2.48 bits per heavy atom. The maximum atomic E-state index is 14.5. The minimum absolute atomic E-state index is 0.180. The maximum Gasteiger partial charge on any atom is 0.419 e. The number of aromatic hydroxyl groups is 1. The summed E-state index contributed by atoms with van der Waals surface area (Å²) >= 11 is 0. The molecule has 3 aromatic rings. The smallest absolute Gasteiger partial charge is 0.419 e. The number of methoxy groups -OCH3 is 1. The SMILES string of the molecule is COC1CC(N(C)c2cc3c(cn2)c(-c2cc(C(F)(F)F)c(F)c(O)c2F)nn3C)C1. The van der Waals surface area contributed by atoms with Gasteiger partial charge >= 0.3 is 6.18 Å². The van der Waals surface area contributed by atoms with Gasteiger partial charge in [-0.25, -0.2) is 13.8 Å². The summed E-state index contributed by atoms with van der Waals surface area (Å²) in [5, 5.41) is 14.0. The first-order chi connectivity index (χ1) is 14.5. The molecule has 0 unspecified atom stereocenters. The Morgan fingerprint density at radius 1 is 1.19 bits per heavy atom. The molecule has 11 heteroatoms. The van der Waals surface area contributed by atoms with Gasteiger partial charge in [-0.2, -0.15) is 18.3 Å². The lowest BCUT2D eigenvalue weighted by Crippen LogP contribution is -2.46. The lowest BCUT2D eigenvalue weighted by atomic mass is 9.88. The zero-order valence-electron chi connectivity index (χ0n) is 16.8. The van der Waals surface area contributed by atoms with Crippen molar-refractivity contribution < 1.29 is 31.8 Å². The van der Waals surface area contributed by atoms with Gasteiger partial charge in [0.15, 0.2) is 17.4 Å². The number of hydrogen-bond acceptors (Lipinski definition) is 5. The monoisotopic (exact) mass is 442 g/mol. The Morgan fingerprint density at radius 2 is 1.87 bits per heavy atom. The molecule has 0 bridgehead atoms. The van der Waals surface area contributed by atoms with E-state index in [-0.39, 0.29) is 23.2 Å². The van der Waals surface area contributed by atoms with Crippen molar-refractivity contribution in [3.8, 4) is 17.0 Å². The first-order valence-electron chi connectivity index (χ1n) is 9.39. The van der Waals surface area contributed by atoms with E-state index in [1.54, 1.807) is 20.2 Å². The highest BCUT2D eigenvalue weighted by Gasteiger charge is 2.38. The van der Waals surface area contributed by atoms with Crippen LogP contribution in [0.2, 0.25) is 0 Å². The molecule has 31 heavy (non-hydrogen) atoms. The molecule has 0 spiro atoms. The van der Waals surface area contributed by atoms with E-state index in [2.05, 4.69) is 10.1 Å². The minimum atomic E-state index is -5.12. The van der Waals surface area contributed by atoms with E-state index >= 15 is 0 Å². The summed E-state index contributed by atoms with van der Waals surface area (Å²) in [6, 6.07) is 2.23. The van der Waals surface area contributed by atoms with Crippen LogP contribution < -0.4 is 4.90 Å². The lowest BCUT2D eigenvalue weighted by molar-refractivity contribution is -0.140. The van der Waals surface area contributed by atoms with Gasteiger partial charge < -0.3 is 14.7 Å². The van der Waals surface area contributed by atoms with Crippen molar-refractivity contribution in [2.24, 2.45) is 7.05 Å². The second kappa shape index (κ2) is 7.33. The number of rotatable bonds is 4. The number of benzene rings is 1. The molecule has 0 radical (unpaired) electrons. The molecule has 2 heterocycles. The van der Waals surface area contributed by atoms with E-state index in [1.807, 2.05) is 11.9 Å². The molecule has 1 aliphatic carbocycles. The lowest BCUT2D eigenvalue weighted by Gasteiger charge is -2.40. The van der Waals surface area contributed by atoms with Crippen LogP contribution in [0.15, 0.2) is 18.3 Å². The van der Waals surface area contributed by atoms with E-state index in [0.717, 1.165) is 12.8 Å². The van der Waals surface area contributed by atoms with Gasteiger partial charge in [0.05, 0.1) is 17.2 Å². The van der Waals surface area contributed by atoms with Crippen LogP contribution in [-0.2, 0) is 18.0 Å². The molecule has 1 aliphatic rings. The maximum absolute atomic E-state index is 14.5. The Kier molecular flexibility index (Phi) is 5.03. The molecule has 4 rings (SSSR count). The van der Waals surface area contributed by atoms with E-state index in [9.17, 15) is 27.1 Å². The second-order valence-corrected chi connectivity index (χ2v) is 7.57. The van der Waals surface area contributed by atoms with Gasteiger partial charge in [0.25, 0.3) is 0 Å². The van der Waals surface area contributed by atoms with E-state index in [0.29, 0.717) is 17.4 Å². The number of ether oxygens (including phenoxy) is 1. The number of halogens is 5. The standard InChI is InChI=1S/C20H19F5N4O2/c1-28(9-4-10(5-9)31-3)15-7-14-12(8-26-15)18(27-29(14)2)11-6-13(20(23,24)25)17(22)19(30)16(11)21/h6-10,30H,4-5H2,1-3H3. The fourth-order valence-corrected chi connectivity index (χ4v) is 3.77. The highest BCUT2D eigenvalue weighted by molar-refractivity contribution is 5.94. The van der Waals surface area contributed by atoms with Crippen LogP contribution in [0.25, 0.3) is 22.2 Å². The van der Waals surface area contributed by atoms with Gasteiger partial charge in [-0.05, 0) is 18.9 Å². The molecule has 1 aromatic carbocycles. The summed E-state index contributed by atoms with van der Waals surface area (Å²) < 4.78 is 74.5. The summed E-state index contributed by atoms with van der Waals surface area (Å²) in [5.74, 6) is -4.68. The van der Waals surface area contributed by atoms with E-state index < -0.39 is 34.7 Å². The Labute approximate surface area is 173 Å². The molecule has 0 saturated heterocycles. The number of phenols is 1. The predicted octanol–water partition coefficient (Wildman–Crippen LogP) is 4.25. The number of alkyl halides is 3. The first kappa shape index (κ1) is 21.3. The summed E-state index contributed by atoms with van der Waals surface area (Å²) in [6.07, 6.45) is -1.88. The van der Waals surface area contributed by atoms with Gasteiger partial charge in [0.1, 0.15) is 11.5 Å². The van der Waals surface area contributed by atoms with Crippen LogP contribution in [0.4, 0.5) is 27.8 Å². The van der Waals surface area contributed by atoms with Gasteiger partial charge in [-0.15, -0.1) is 0 Å². The van der Waals surface area contributed by atoms with Crippen molar-refractivity contribution in [2.45, 2.75) is 31.2 Å². The molecule has 1 N–H and O–H groups in total. The zero-order chi connectivity index (χ0) is 22.7. The third kappa shape index (κ3) is 3.46. The topological polar surface area (TPSA) is 63.4 Å². The first-order valence-corrected chi connectivity index (χ1v) is 9.39. The average molecular weight is 442 g/mol. The van der Waals surface area contributed by atoms with Gasteiger partial charge in [0, 0.05) is 50.5 Å². The van der Waals surface area contributed by atoms with Crippen molar-refractivity contribution in [1.29, 1.82) is 0 Å². The number of phenolic OH excluding ortho intramolecular Hbond substituents is 1. The summed E-state index contributed by atoms with van der Waals surface area (Å²) in [6.45, 7) is 0. The molecule has 0 atom stereocenters. The molecule has 0 amide bonds. The van der Waals surface area contributed by atoms with Crippen molar-refractivity contribution in [3.05, 3.63) is 35.5 Å². The number of pyridine rings is 1. The van der Waals surface area contributed by atoms with Crippen LogP contribution in [0.3, 0.4) is 0 Å². The van der Waals surface area contributed by atoms with Crippen LogP contribution in [0.5, 0.6) is 5.75 Å². The summed E-state index contributed by atoms with van der Waals surface area (Å²) in [4.78, 5) is 6.32. The number of aryl methyl sites for hydroxylation is 1. The average Bonchev–Trinajstić information content (AvgIpc) is 3.00. The minimum Gasteiger partial charge on any atom is -0.503 e. The van der Waals surface area contributed by atoms with Crippen molar-refractivity contribution in [1.82, 2.24) is 14.8 Å². The fourth-order valence-electron chi connectivity index (χ4n) is 3.77. The van der Waals surface area contributed by atoms with Gasteiger partial charge in [0.2, 0.25) is 0 Å². The quantitative estimate of drug-likeness (QED) is 0.612. The van der Waals surface area contributed by atoms with Gasteiger partial charge in [-0.3, -0.25) is 4.68 Å². The molecular formula is C20H19F5N4O2. The highest BCUT2D eigenvalue weighted by Crippen LogP contribution is 2.42. The Balaban J connectivity index is 1.79. The third-order valence-electron chi connectivity index (χ3n) is 5.77. The molecular weight excluding hydrogens is 423 g/mol. The number of aromatic nitrogens is 3. The van der Waals surface area contributed by atoms with Crippen molar-refractivity contribution in [3.63, 3.8) is 0 Å². The molecule has 166 valence electrons. The third-order valence-corrected chi connectivity index (χ3v) is 5.77. The molecule has 2 aromatic heterocycles. The number of nitrogens with zero attached hydrogens (tertiary/aromatic N) is 4. The van der Waals surface area contributed by atoms with Crippen LogP contribution in [0, 0.1) is 11.6 Å². The molecule has 1 saturated carbocycles. The molecule has 0 aliphatic heterocycles. The largest absolute Gasteiger partial charge is 0.503 e. The molecule has 6 nitrogen and oxygen atoms in total. The highest BCUT2D eigenvalue weighted by atomic mass is 19.4. The fraction of sp³-hybridized carbons (Fsp3) is 0.400. The zero-order valence-corrected chi connectivity index (χ0v) is 16.8. The Bertz CT molecular complexity index is 1150.